The van der Waals surface area contributed by atoms with Crippen molar-refractivity contribution in [2.45, 2.75) is 12.0 Å². The summed E-state index contributed by atoms with van der Waals surface area (Å²) in [6, 6.07) is 20.5. The smallest absolute Gasteiger partial charge is 0.192 e. The topological polar surface area (TPSA) is 21.6 Å². The summed E-state index contributed by atoms with van der Waals surface area (Å²) in [6.45, 7) is 0. The molecule has 0 spiro atoms. The number of rotatable bonds is 2. The van der Waals surface area contributed by atoms with E-state index < -0.39 is 5.60 Å². The number of nitrogens with zero attached hydrogens (tertiary/aromatic N) is 1. The molecule has 2 heteroatoms. The second kappa shape index (κ2) is 4.06. The Hall–Kier alpha value is -2.09. The van der Waals surface area contributed by atoms with Gasteiger partial charge in [-0.2, -0.15) is 0 Å². The van der Waals surface area contributed by atoms with Gasteiger partial charge in [-0.3, -0.25) is 0 Å². The highest BCUT2D eigenvalue weighted by Crippen LogP contribution is 2.39. The molecule has 0 saturated carbocycles. The van der Waals surface area contributed by atoms with E-state index in [2.05, 4.69) is 29.4 Å². The first-order valence-corrected chi connectivity index (χ1v) is 5.73. The van der Waals surface area contributed by atoms with E-state index in [4.69, 9.17) is 4.84 Å². The summed E-state index contributed by atoms with van der Waals surface area (Å²) >= 11 is 0. The first-order valence-electron chi connectivity index (χ1n) is 5.73. The number of benzene rings is 2. The van der Waals surface area contributed by atoms with Crippen LogP contribution in [0.25, 0.3) is 0 Å². The molecular formula is C15H13NO. The van der Waals surface area contributed by atoms with E-state index >= 15 is 0 Å². The molecule has 0 saturated heterocycles. The van der Waals surface area contributed by atoms with Crippen LogP contribution in [0, 0.1) is 0 Å². The van der Waals surface area contributed by atoms with Gasteiger partial charge in [0, 0.05) is 23.8 Å². The van der Waals surface area contributed by atoms with E-state index in [0.717, 1.165) is 17.5 Å². The molecular weight excluding hydrogens is 210 g/mol. The molecule has 2 nitrogen and oxygen atoms in total. The molecule has 0 fully saturated rings. The SMILES string of the molecule is C1=NOC(c2ccccc2)(c2ccccc2)C1. The maximum absolute atomic E-state index is 5.68. The largest absolute Gasteiger partial charge is 0.379 e. The van der Waals surface area contributed by atoms with Crippen molar-refractivity contribution >= 4 is 6.21 Å². The van der Waals surface area contributed by atoms with Gasteiger partial charge in [0.2, 0.25) is 0 Å². The zero-order valence-electron chi connectivity index (χ0n) is 9.41. The zero-order chi connectivity index (χ0) is 11.6. The molecule has 1 heterocycles. The van der Waals surface area contributed by atoms with Gasteiger partial charge < -0.3 is 4.84 Å². The number of oxime groups is 1. The van der Waals surface area contributed by atoms with Crippen molar-refractivity contribution in [1.29, 1.82) is 0 Å². The maximum atomic E-state index is 5.68. The average Bonchev–Trinajstić information content (AvgIpc) is 2.91. The van der Waals surface area contributed by atoms with Crippen LogP contribution in [0.3, 0.4) is 0 Å². The van der Waals surface area contributed by atoms with E-state index in [1.165, 1.54) is 0 Å². The van der Waals surface area contributed by atoms with Crippen molar-refractivity contribution in [2.75, 3.05) is 0 Å². The van der Waals surface area contributed by atoms with Crippen molar-refractivity contribution in [2.24, 2.45) is 5.16 Å². The normalized spacial score (nSPS) is 16.7. The number of hydrogen-bond acceptors (Lipinski definition) is 2. The van der Waals surface area contributed by atoms with Crippen LogP contribution in [-0.2, 0) is 10.4 Å². The molecule has 0 unspecified atom stereocenters. The van der Waals surface area contributed by atoms with E-state index in [-0.39, 0.29) is 0 Å². The summed E-state index contributed by atoms with van der Waals surface area (Å²) < 4.78 is 0. The fourth-order valence-corrected chi connectivity index (χ4v) is 2.25. The van der Waals surface area contributed by atoms with Gasteiger partial charge >= 0.3 is 0 Å². The molecule has 2 aromatic rings. The van der Waals surface area contributed by atoms with Crippen molar-refractivity contribution in [3.05, 3.63) is 71.8 Å². The maximum Gasteiger partial charge on any atom is 0.192 e. The van der Waals surface area contributed by atoms with Crippen molar-refractivity contribution < 1.29 is 4.84 Å². The summed E-state index contributed by atoms with van der Waals surface area (Å²) in [4.78, 5) is 5.68. The third kappa shape index (κ3) is 1.62. The van der Waals surface area contributed by atoms with Gasteiger partial charge in [-0.05, 0) is 0 Å². The minimum absolute atomic E-state index is 0.442. The van der Waals surface area contributed by atoms with Gasteiger partial charge in [-0.1, -0.05) is 65.8 Å². The van der Waals surface area contributed by atoms with Crippen molar-refractivity contribution in [1.82, 2.24) is 0 Å². The predicted molar refractivity (Wildman–Crippen MR) is 67.9 cm³/mol. The Morgan fingerprint density at radius 2 is 1.35 bits per heavy atom. The Bertz CT molecular complexity index is 470. The fourth-order valence-electron chi connectivity index (χ4n) is 2.25. The van der Waals surface area contributed by atoms with Crippen LogP contribution < -0.4 is 0 Å². The lowest BCUT2D eigenvalue weighted by Crippen LogP contribution is -2.26. The average molecular weight is 223 g/mol. The highest BCUT2D eigenvalue weighted by atomic mass is 16.7. The first kappa shape index (κ1) is 10.1. The minimum atomic E-state index is -0.442. The first-order chi connectivity index (χ1) is 8.42. The third-order valence-corrected chi connectivity index (χ3v) is 3.14. The lowest BCUT2D eigenvalue weighted by Gasteiger charge is -2.27. The highest BCUT2D eigenvalue weighted by Gasteiger charge is 2.39. The Morgan fingerprint density at radius 3 is 1.76 bits per heavy atom. The van der Waals surface area contributed by atoms with Crippen LogP contribution in [0.1, 0.15) is 17.5 Å². The molecule has 84 valence electrons. The number of hydrogen-bond donors (Lipinski definition) is 0. The van der Waals surface area contributed by atoms with E-state index in [9.17, 15) is 0 Å². The molecule has 17 heavy (non-hydrogen) atoms. The third-order valence-electron chi connectivity index (χ3n) is 3.14. The quantitative estimate of drug-likeness (QED) is 0.765. The summed E-state index contributed by atoms with van der Waals surface area (Å²) in [5.74, 6) is 0. The van der Waals surface area contributed by atoms with E-state index in [0.29, 0.717) is 0 Å². The minimum Gasteiger partial charge on any atom is -0.379 e. The van der Waals surface area contributed by atoms with Gasteiger partial charge in [-0.25, -0.2) is 0 Å². The summed E-state index contributed by atoms with van der Waals surface area (Å²) in [5.41, 5.74) is 1.84. The predicted octanol–water partition coefficient (Wildman–Crippen LogP) is 3.34. The van der Waals surface area contributed by atoms with Gasteiger partial charge in [0.15, 0.2) is 5.60 Å². The van der Waals surface area contributed by atoms with Gasteiger partial charge in [-0.15, -0.1) is 0 Å². The molecule has 0 amide bonds. The summed E-state index contributed by atoms with van der Waals surface area (Å²) in [6.07, 6.45) is 2.61. The summed E-state index contributed by atoms with van der Waals surface area (Å²) in [5, 5.41) is 3.96. The molecule has 0 bridgehead atoms. The molecule has 0 aromatic heterocycles. The summed E-state index contributed by atoms with van der Waals surface area (Å²) in [7, 11) is 0. The van der Waals surface area contributed by atoms with Crippen LogP contribution in [0.15, 0.2) is 65.8 Å². The van der Waals surface area contributed by atoms with Crippen LogP contribution in [-0.4, -0.2) is 6.21 Å². The van der Waals surface area contributed by atoms with E-state index in [1.807, 2.05) is 42.6 Å². The molecule has 0 radical (unpaired) electrons. The van der Waals surface area contributed by atoms with E-state index in [1.54, 1.807) is 0 Å². The lowest BCUT2D eigenvalue weighted by atomic mass is 9.84. The fraction of sp³-hybridized carbons (Fsp3) is 0.133. The molecule has 1 aliphatic heterocycles. The molecule has 1 aliphatic rings. The van der Waals surface area contributed by atoms with Gasteiger partial charge in [0.25, 0.3) is 0 Å². The molecule has 3 rings (SSSR count). The van der Waals surface area contributed by atoms with Gasteiger partial charge in [0.1, 0.15) is 0 Å². The van der Waals surface area contributed by atoms with Crippen LogP contribution in [0.5, 0.6) is 0 Å². The molecule has 0 N–H and O–H groups in total. The van der Waals surface area contributed by atoms with Crippen LogP contribution in [0.2, 0.25) is 0 Å². The second-order valence-corrected chi connectivity index (χ2v) is 4.14. The Balaban J connectivity index is 2.12. The van der Waals surface area contributed by atoms with Crippen molar-refractivity contribution in [3.8, 4) is 0 Å². The molecule has 0 aliphatic carbocycles. The zero-order valence-corrected chi connectivity index (χ0v) is 9.41. The second-order valence-electron chi connectivity index (χ2n) is 4.14. The van der Waals surface area contributed by atoms with Crippen LogP contribution in [0.4, 0.5) is 0 Å². The standard InChI is InChI=1S/C15H13NO/c1-3-7-13(8-4-1)15(11-12-16-17-15)14-9-5-2-6-10-14/h1-10,12H,11H2. The molecule has 0 atom stereocenters. The Labute approximate surface area is 101 Å². The van der Waals surface area contributed by atoms with Crippen molar-refractivity contribution in [3.63, 3.8) is 0 Å². The van der Waals surface area contributed by atoms with Gasteiger partial charge in [0.05, 0.1) is 0 Å². The van der Waals surface area contributed by atoms with Crippen LogP contribution >= 0.6 is 0 Å². The lowest BCUT2D eigenvalue weighted by molar-refractivity contribution is 0.0112. The highest BCUT2D eigenvalue weighted by molar-refractivity contribution is 5.63. The Morgan fingerprint density at radius 1 is 0.824 bits per heavy atom. The Kier molecular flexibility index (Phi) is 2.41. The molecule has 2 aromatic carbocycles. The monoisotopic (exact) mass is 223 g/mol.